The van der Waals surface area contributed by atoms with Crippen LogP contribution in [0, 0.1) is 0 Å². The van der Waals surface area contributed by atoms with Crippen molar-refractivity contribution in [1.29, 1.82) is 0 Å². The molecule has 2 aliphatic heterocycles. The molecular weight excluding hydrogens is 901 g/mol. The van der Waals surface area contributed by atoms with Gasteiger partial charge in [-0.2, -0.15) is 0 Å². The average molecular weight is 947 g/mol. The summed E-state index contributed by atoms with van der Waals surface area (Å²) < 4.78 is 59.7. The van der Waals surface area contributed by atoms with E-state index >= 15 is 0 Å². The highest BCUT2D eigenvalue weighted by atomic mass is 16.8. The highest BCUT2D eigenvalue weighted by molar-refractivity contribution is 5.92. The summed E-state index contributed by atoms with van der Waals surface area (Å²) in [5, 5.41) is 11.6. The van der Waals surface area contributed by atoms with Gasteiger partial charge in [-0.3, -0.25) is 9.59 Å². The molecule has 0 amide bonds. The maximum absolute atomic E-state index is 14.2. The molecule has 0 saturated carbocycles. The van der Waals surface area contributed by atoms with E-state index in [0.717, 1.165) is 13.8 Å². The van der Waals surface area contributed by atoms with Crippen LogP contribution in [0.4, 0.5) is 0 Å². The number of carbonyl (C=O) groups is 7. The topological polar surface area (TPSA) is 232 Å². The Kier molecular flexibility index (Phi) is 16.6. The number of carbonyl (C=O) groups excluding carboxylic acids is 7. The summed E-state index contributed by atoms with van der Waals surface area (Å²) in [5.74, 6) is -6.53. The molecule has 1 N–H and O–H groups in total. The number of aliphatic hydroxyl groups is 1. The fraction of sp³-hybridized carbons (Fsp3) is 0.275. The van der Waals surface area contributed by atoms with Crippen LogP contribution in [-0.2, 0) is 57.0 Å². The third-order valence-electron chi connectivity index (χ3n) is 10.6. The van der Waals surface area contributed by atoms with Gasteiger partial charge < -0.3 is 52.5 Å². The summed E-state index contributed by atoms with van der Waals surface area (Å²) in [6.45, 7) is 0.779. The lowest BCUT2D eigenvalue weighted by atomic mass is 9.95. The van der Waals surface area contributed by atoms with Gasteiger partial charge in [-0.1, -0.05) is 91.0 Å². The van der Waals surface area contributed by atoms with Crippen molar-refractivity contribution in [2.45, 2.75) is 75.3 Å². The number of ether oxygens (including phenoxy) is 10. The van der Waals surface area contributed by atoms with E-state index < -0.39 is 116 Å². The Bertz CT molecular complexity index is 2540. The molecule has 18 heteroatoms. The maximum atomic E-state index is 14.2. The van der Waals surface area contributed by atoms with Crippen LogP contribution in [0.3, 0.4) is 0 Å². The zero-order valence-corrected chi connectivity index (χ0v) is 37.0. The zero-order valence-electron chi connectivity index (χ0n) is 37.0. The number of benzene rings is 5. The van der Waals surface area contributed by atoms with Crippen molar-refractivity contribution in [2.24, 2.45) is 0 Å². The van der Waals surface area contributed by atoms with Crippen LogP contribution in [0.5, 0.6) is 0 Å². The largest absolute Gasteiger partial charge is 0.463 e. The van der Waals surface area contributed by atoms with Crippen LogP contribution < -0.4 is 0 Å². The lowest BCUT2D eigenvalue weighted by Crippen LogP contribution is -2.67. The Hall–Kier alpha value is -7.77. The molecule has 18 nitrogen and oxygen atoms in total. The lowest BCUT2D eigenvalue weighted by Gasteiger charge is -2.48. The van der Waals surface area contributed by atoms with Crippen LogP contribution in [0.1, 0.15) is 65.6 Å². The van der Waals surface area contributed by atoms with E-state index in [1.807, 2.05) is 0 Å². The molecule has 5 aromatic carbocycles. The standard InChI is InChI=1S/C51H46O18/c1-30(52)60-28-37-39(62-31(2)53)41(43(50(59)63-37)67-48(57)35-24-14-6-15-25-35)69-51-44(68-49(58)36-26-16-7-17-27-36)42(66-47(56)34-22-12-5-13-23-34)40(65-46(55)33-20-10-4-11-21-33)38(64-51)29-61-45(54)32-18-8-3-9-19-32/h3-27,37-44,50-51,59H,28-29H2,1-2H3/t37-,38-,39-,40-,41+,42+,43-,44-,50+,51+/m1/s1. The van der Waals surface area contributed by atoms with Gasteiger partial charge in [0.15, 0.2) is 43.1 Å². The monoisotopic (exact) mass is 946 g/mol. The van der Waals surface area contributed by atoms with Crippen molar-refractivity contribution < 1.29 is 86.0 Å². The van der Waals surface area contributed by atoms with E-state index in [1.54, 1.807) is 91.0 Å². The minimum absolute atomic E-state index is 0.00322. The van der Waals surface area contributed by atoms with E-state index in [0.29, 0.717) is 0 Å². The van der Waals surface area contributed by atoms with Crippen LogP contribution in [0.25, 0.3) is 0 Å². The quantitative estimate of drug-likeness (QED) is 0.101. The van der Waals surface area contributed by atoms with Crippen molar-refractivity contribution in [3.8, 4) is 0 Å². The summed E-state index contributed by atoms with van der Waals surface area (Å²) >= 11 is 0. The molecule has 0 aromatic heterocycles. The molecule has 0 radical (unpaired) electrons. The van der Waals surface area contributed by atoms with Crippen LogP contribution >= 0.6 is 0 Å². The fourth-order valence-corrected chi connectivity index (χ4v) is 7.40. The van der Waals surface area contributed by atoms with E-state index in [1.165, 1.54) is 60.7 Å². The van der Waals surface area contributed by atoms with Gasteiger partial charge in [-0.15, -0.1) is 0 Å². The van der Waals surface area contributed by atoms with Gasteiger partial charge in [0.05, 0.1) is 27.8 Å². The van der Waals surface area contributed by atoms with Crippen molar-refractivity contribution in [1.82, 2.24) is 0 Å². The summed E-state index contributed by atoms with van der Waals surface area (Å²) in [6.07, 6.45) is -18.4. The predicted molar refractivity (Wildman–Crippen MR) is 236 cm³/mol. The molecule has 2 aliphatic rings. The molecule has 2 saturated heterocycles. The Balaban J connectivity index is 1.37. The number of hydrogen-bond donors (Lipinski definition) is 1. The van der Waals surface area contributed by atoms with Gasteiger partial charge in [0.2, 0.25) is 0 Å². The third-order valence-corrected chi connectivity index (χ3v) is 10.6. The van der Waals surface area contributed by atoms with Gasteiger partial charge in [-0.25, -0.2) is 24.0 Å². The maximum Gasteiger partial charge on any atom is 0.338 e. The smallest absolute Gasteiger partial charge is 0.338 e. The number of hydrogen-bond acceptors (Lipinski definition) is 18. The Morgan fingerprint density at radius 3 is 1.16 bits per heavy atom. The summed E-state index contributed by atoms with van der Waals surface area (Å²) in [5.41, 5.74) is 0.205. The molecule has 10 atom stereocenters. The SMILES string of the molecule is CC(=O)OC[C@H]1O[C@H](O)[C@H](OC(=O)c2ccccc2)[C@@H](O[C@@H]2O[C@H](COC(=O)c3ccccc3)[C@@H](OC(=O)c3ccccc3)[C@H](OC(=O)c3ccccc3)[C@H]2OC(=O)c2ccccc2)[C@@H]1OC(C)=O. The average Bonchev–Trinajstić information content (AvgIpc) is 3.37. The first-order valence-corrected chi connectivity index (χ1v) is 21.6. The van der Waals surface area contributed by atoms with Gasteiger partial charge >= 0.3 is 41.8 Å². The molecule has 7 rings (SSSR count). The molecule has 0 spiro atoms. The number of aliphatic hydroxyl groups excluding tert-OH is 1. The van der Waals surface area contributed by atoms with Gasteiger partial charge in [0, 0.05) is 13.8 Å². The van der Waals surface area contributed by atoms with Gasteiger partial charge in [-0.05, 0) is 60.7 Å². The number of rotatable bonds is 16. The molecular formula is C51H46O18. The van der Waals surface area contributed by atoms with Crippen LogP contribution in [0.2, 0.25) is 0 Å². The van der Waals surface area contributed by atoms with Crippen molar-refractivity contribution in [3.63, 3.8) is 0 Å². The minimum atomic E-state index is -2.09. The predicted octanol–water partition coefficient (Wildman–Crippen LogP) is 5.07. The molecule has 69 heavy (non-hydrogen) atoms. The fourth-order valence-electron chi connectivity index (χ4n) is 7.40. The normalized spacial score (nSPS) is 24.0. The first-order valence-electron chi connectivity index (χ1n) is 21.6. The molecule has 5 aromatic rings. The van der Waals surface area contributed by atoms with Crippen molar-refractivity contribution >= 4 is 41.8 Å². The first-order chi connectivity index (χ1) is 33.4. The van der Waals surface area contributed by atoms with Gasteiger partial charge in [0.25, 0.3) is 0 Å². The number of esters is 7. The highest BCUT2D eigenvalue weighted by Gasteiger charge is 2.58. The highest BCUT2D eigenvalue weighted by Crippen LogP contribution is 2.36. The summed E-state index contributed by atoms with van der Waals surface area (Å²) in [6, 6.07) is 38.4. The van der Waals surface area contributed by atoms with Crippen LogP contribution in [-0.4, -0.2) is 122 Å². The van der Waals surface area contributed by atoms with Crippen molar-refractivity contribution in [3.05, 3.63) is 179 Å². The van der Waals surface area contributed by atoms with E-state index in [-0.39, 0.29) is 27.8 Å². The summed E-state index contributed by atoms with van der Waals surface area (Å²) in [7, 11) is 0. The molecule has 0 bridgehead atoms. The molecule has 2 heterocycles. The molecule has 2 fully saturated rings. The van der Waals surface area contributed by atoms with E-state index in [4.69, 9.17) is 47.4 Å². The summed E-state index contributed by atoms with van der Waals surface area (Å²) in [4.78, 5) is 94.5. The van der Waals surface area contributed by atoms with E-state index in [2.05, 4.69) is 0 Å². The second kappa shape index (κ2) is 23.3. The Morgan fingerprint density at radius 1 is 0.391 bits per heavy atom. The van der Waals surface area contributed by atoms with Crippen LogP contribution in [0.15, 0.2) is 152 Å². The minimum Gasteiger partial charge on any atom is -0.463 e. The molecule has 0 unspecified atom stereocenters. The Labute approximate surface area is 394 Å². The van der Waals surface area contributed by atoms with Gasteiger partial charge in [0.1, 0.15) is 31.5 Å². The molecule has 0 aliphatic carbocycles. The lowest BCUT2D eigenvalue weighted by molar-refractivity contribution is -0.353. The zero-order chi connectivity index (χ0) is 48.9. The third kappa shape index (κ3) is 12.8. The second-order valence-corrected chi connectivity index (χ2v) is 15.5. The molecule has 358 valence electrons. The van der Waals surface area contributed by atoms with E-state index in [9.17, 15) is 38.7 Å². The first kappa shape index (κ1) is 49.1. The Morgan fingerprint density at radius 2 is 0.739 bits per heavy atom. The second-order valence-electron chi connectivity index (χ2n) is 15.5. The van der Waals surface area contributed by atoms with Crippen molar-refractivity contribution in [2.75, 3.05) is 13.2 Å².